The smallest absolute Gasteiger partial charge is 0.248 e. The number of nitrogens with zero attached hydrogens (tertiary/aromatic N) is 3. The summed E-state index contributed by atoms with van der Waals surface area (Å²) in [5, 5.41) is 10.7. The van der Waals surface area contributed by atoms with Gasteiger partial charge in [-0.05, 0) is 36.4 Å². The molecule has 0 radical (unpaired) electrons. The van der Waals surface area contributed by atoms with E-state index in [2.05, 4.69) is 36.4 Å². The molecule has 8 heteroatoms. The van der Waals surface area contributed by atoms with Crippen molar-refractivity contribution >= 4 is 38.7 Å². The lowest BCUT2D eigenvalue weighted by Crippen LogP contribution is -2.19. The van der Waals surface area contributed by atoms with Gasteiger partial charge < -0.3 is 9.30 Å². The van der Waals surface area contributed by atoms with E-state index in [0.29, 0.717) is 5.82 Å². The van der Waals surface area contributed by atoms with E-state index in [1.807, 2.05) is 35.0 Å². The van der Waals surface area contributed by atoms with Crippen LogP contribution in [0.5, 0.6) is 0 Å². The van der Waals surface area contributed by atoms with E-state index >= 15 is 0 Å². The molecular weight excluding hydrogens is 374 g/mol. The maximum atomic E-state index is 12.3. The van der Waals surface area contributed by atoms with Crippen molar-refractivity contribution in [3.63, 3.8) is 0 Å². The number of nitrogens with one attached hydrogen (secondary N) is 2. The number of carbonyl (C=O) groups excluding carboxylic acids is 1. The summed E-state index contributed by atoms with van der Waals surface area (Å²) < 4.78 is 8.42. The summed E-state index contributed by atoms with van der Waals surface area (Å²) >= 11 is 3.46. The monoisotopic (exact) mass is 389 g/mol. The molecule has 0 saturated carbocycles. The Balaban J connectivity index is 1.45. The lowest BCUT2D eigenvalue weighted by atomic mass is 10.2. The SMILES string of the molecule is O=C(Cn1ccc2ccc(Br)cc21)Nc1n[nH]c([C@H]2CCCO2)n1. The van der Waals surface area contributed by atoms with E-state index in [1.54, 1.807) is 0 Å². The van der Waals surface area contributed by atoms with Crippen LogP contribution < -0.4 is 5.32 Å². The standard InChI is InChI=1S/C16H16BrN5O2/c17-11-4-3-10-5-6-22(12(10)8-11)9-14(23)18-16-19-15(20-21-16)13-2-1-7-24-13/h3-6,8,13H,1-2,7,9H2,(H2,18,19,20,21,23)/t13-/m1/s1. The van der Waals surface area contributed by atoms with Gasteiger partial charge in [0.15, 0.2) is 5.82 Å². The van der Waals surface area contributed by atoms with E-state index in [-0.39, 0.29) is 24.5 Å². The largest absolute Gasteiger partial charge is 0.370 e. The number of hydrogen-bond donors (Lipinski definition) is 2. The molecule has 1 amide bonds. The first-order valence-corrected chi connectivity index (χ1v) is 8.56. The van der Waals surface area contributed by atoms with E-state index in [1.165, 1.54) is 0 Å². The number of carbonyl (C=O) groups is 1. The first kappa shape index (κ1) is 15.3. The zero-order chi connectivity index (χ0) is 16.5. The third kappa shape index (κ3) is 3.07. The van der Waals surface area contributed by atoms with Crippen molar-refractivity contribution in [2.24, 2.45) is 0 Å². The van der Waals surface area contributed by atoms with E-state index < -0.39 is 0 Å². The maximum absolute atomic E-state index is 12.3. The Kier molecular flexibility index (Phi) is 4.07. The second kappa shape index (κ2) is 6.37. The molecule has 4 rings (SSSR count). The van der Waals surface area contributed by atoms with Crippen LogP contribution in [-0.2, 0) is 16.1 Å². The van der Waals surface area contributed by atoms with Gasteiger partial charge in [-0.15, -0.1) is 5.10 Å². The van der Waals surface area contributed by atoms with Crippen LogP contribution in [0.25, 0.3) is 10.9 Å². The number of amides is 1. The molecule has 1 aromatic carbocycles. The number of halogens is 1. The second-order valence-corrected chi connectivity index (χ2v) is 6.66. The number of rotatable bonds is 4. The fourth-order valence-electron chi connectivity index (χ4n) is 2.88. The fraction of sp³-hybridized carbons (Fsp3) is 0.312. The van der Waals surface area contributed by atoms with Crippen molar-refractivity contribution in [2.45, 2.75) is 25.5 Å². The quantitative estimate of drug-likeness (QED) is 0.717. The van der Waals surface area contributed by atoms with Gasteiger partial charge in [-0.1, -0.05) is 22.0 Å². The lowest BCUT2D eigenvalue weighted by molar-refractivity contribution is -0.116. The fourth-order valence-corrected chi connectivity index (χ4v) is 3.23. The molecule has 0 aliphatic carbocycles. The number of hydrogen-bond acceptors (Lipinski definition) is 4. The highest BCUT2D eigenvalue weighted by Crippen LogP contribution is 2.26. The van der Waals surface area contributed by atoms with Gasteiger partial charge >= 0.3 is 0 Å². The molecule has 1 atom stereocenters. The summed E-state index contributed by atoms with van der Waals surface area (Å²) in [6.45, 7) is 0.938. The summed E-state index contributed by atoms with van der Waals surface area (Å²) in [7, 11) is 0. The van der Waals surface area contributed by atoms with Gasteiger partial charge in [0.05, 0.1) is 0 Å². The van der Waals surface area contributed by atoms with Crippen LogP contribution in [0, 0.1) is 0 Å². The van der Waals surface area contributed by atoms with E-state index in [9.17, 15) is 4.79 Å². The maximum Gasteiger partial charge on any atom is 0.248 e. The minimum atomic E-state index is -0.176. The summed E-state index contributed by atoms with van der Waals surface area (Å²) in [6.07, 6.45) is 3.79. The van der Waals surface area contributed by atoms with E-state index in [4.69, 9.17) is 4.74 Å². The highest BCUT2D eigenvalue weighted by Gasteiger charge is 2.21. The van der Waals surface area contributed by atoms with Crippen molar-refractivity contribution in [1.29, 1.82) is 0 Å². The number of aromatic amines is 1. The summed E-state index contributed by atoms with van der Waals surface area (Å²) in [5.74, 6) is 0.770. The highest BCUT2D eigenvalue weighted by atomic mass is 79.9. The van der Waals surface area contributed by atoms with Crippen molar-refractivity contribution < 1.29 is 9.53 Å². The summed E-state index contributed by atoms with van der Waals surface area (Å²) in [6, 6.07) is 7.96. The number of aromatic nitrogens is 4. The molecule has 7 nitrogen and oxygen atoms in total. The third-order valence-corrected chi connectivity index (χ3v) is 4.53. The van der Waals surface area contributed by atoms with Gasteiger partial charge in [0, 0.05) is 22.8 Å². The predicted octanol–water partition coefficient (Wildman–Crippen LogP) is 3.01. The predicted molar refractivity (Wildman–Crippen MR) is 92.6 cm³/mol. The van der Waals surface area contributed by atoms with Crippen LogP contribution in [-0.4, -0.2) is 32.3 Å². The molecule has 1 fully saturated rings. The molecule has 124 valence electrons. The Labute approximate surface area is 146 Å². The zero-order valence-corrected chi connectivity index (χ0v) is 14.4. The van der Waals surface area contributed by atoms with E-state index in [0.717, 1.165) is 34.8 Å². The molecule has 3 heterocycles. The van der Waals surface area contributed by atoms with Crippen LogP contribution in [0.2, 0.25) is 0 Å². The van der Waals surface area contributed by atoms with Gasteiger partial charge in [0.1, 0.15) is 12.6 Å². The van der Waals surface area contributed by atoms with Gasteiger partial charge in [-0.3, -0.25) is 15.2 Å². The van der Waals surface area contributed by atoms with Crippen molar-refractivity contribution in [2.75, 3.05) is 11.9 Å². The second-order valence-electron chi connectivity index (χ2n) is 5.74. The minimum absolute atomic E-state index is 0.0473. The van der Waals surface area contributed by atoms with Gasteiger partial charge in [0.2, 0.25) is 11.9 Å². The molecule has 2 aromatic heterocycles. The summed E-state index contributed by atoms with van der Waals surface area (Å²) in [4.78, 5) is 16.6. The van der Waals surface area contributed by atoms with Crippen LogP contribution in [0.4, 0.5) is 5.95 Å². The summed E-state index contributed by atoms with van der Waals surface area (Å²) in [5.41, 5.74) is 0.995. The van der Waals surface area contributed by atoms with Crippen molar-refractivity contribution in [1.82, 2.24) is 19.7 Å². The minimum Gasteiger partial charge on any atom is -0.370 e. The van der Waals surface area contributed by atoms with Crippen molar-refractivity contribution in [3.05, 3.63) is 40.8 Å². The number of ether oxygens (including phenoxy) is 1. The molecular formula is C16H16BrN5O2. The Morgan fingerprint density at radius 2 is 2.38 bits per heavy atom. The third-order valence-electron chi connectivity index (χ3n) is 4.04. The first-order valence-electron chi connectivity index (χ1n) is 7.77. The van der Waals surface area contributed by atoms with Crippen LogP contribution in [0.1, 0.15) is 24.8 Å². The average Bonchev–Trinajstić information content (AvgIpc) is 3.28. The number of anilines is 1. The molecule has 1 saturated heterocycles. The highest BCUT2D eigenvalue weighted by molar-refractivity contribution is 9.10. The van der Waals surface area contributed by atoms with Crippen LogP contribution >= 0.6 is 15.9 Å². The molecule has 0 spiro atoms. The zero-order valence-electron chi connectivity index (χ0n) is 12.8. The Hall–Kier alpha value is -2.19. The number of benzene rings is 1. The Bertz CT molecular complexity index is 882. The normalized spacial score (nSPS) is 17.5. The molecule has 3 aromatic rings. The molecule has 0 unspecified atom stereocenters. The Morgan fingerprint density at radius 1 is 1.46 bits per heavy atom. The molecule has 2 N–H and O–H groups in total. The van der Waals surface area contributed by atoms with Crippen LogP contribution in [0.3, 0.4) is 0 Å². The molecule has 0 bridgehead atoms. The number of fused-ring (bicyclic) bond motifs is 1. The Morgan fingerprint density at radius 3 is 3.21 bits per heavy atom. The molecule has 1 aliphatic heterocycles. The lowest BCUT2D eigenvalue weighted by Gasteiger charge is -2.05. The molecule has 24 heavy (non-hydrogen) atoms. The average molecular weight is 390 g/mol. The van der Waals surface area contributed by atoms with Crippen molar-refractivity contribution in [3.8, 4) is 0 Å². The van der Waals surface area contributed by atoms with Gasteiger partial charge in [-0.2, -0.15) is 4.98 Å². The van der Waals surface area contributed by atoms with Crippen LogP contribution in [0.15, 0.2) is 34.9 Å². The van der Waals surface area contributed by atoms with Gasteiger partial charge in [-0.25, -0.2) is 0 Å². The number of H-pyrrole nitrogens is 1. The first-order chi connectivity index (χ1) is 11.7. The molecule has 1 aliphatic rings. The topological polar surface area (TPSA) is 84.8 Å². The van der Waals surface area contributed by atoms with Gasteiger partial charge in [0.25, 0.3) is 0 Å².